The van der Waals surface area contributed by atoms with Crippen molar-refractivity contribution in [1.29, 1.82) is 0 Å². The molecule has 0 aliphatic rings. The third-order valence-electron chi connectivity index (χ3n) is 3.31. The van der Waals surface area contributed by atoms with Gasteiger partial charge in [-0.3, -0.25) is 0 Å². The highest BCUT2D eigenvalue weighted by molar-refractivity contribution is 9.10. The van der Waals surface area contributed by atoms with Crippen LogP contribution >= 0.6 is 27.3 Å². The summed E-state index contributed by atoms with van der Waals surface area (Å²) in [6.07, 6.45) is 1.02. The summed E-state index contributed by atoms with van der Waals surface area (Å²) >= 11 is 5.39. The fraction of sp³-hybridized carbons (Fsp3) is 0.375. The number of ether oxygens (including phenoxy) is 1. The highest BCUT2D eigenvalue weighted by Crippen LogP contribution is 2.29. The molecule has 0 fully saturated rings. The van der Waals surface area contributed by atoms with E-state index in [9.17, 15) is 0 Å². The maximum absolute atomic E-state index is 6.00. The lowest BCUT2D eigenvalue weighted by molar-refractivity contribution is 0.0354. The number of hydrogen-bond donors (Lipinski definition) is 1. The maximum atomic E-state index is 6.00. The van der Waals surface area contributed by atoms with E-state index in [1.54, 1.807) is 11.3 Å². The van der Waals surface area contributed by atoms with E-state index in [2.05, 4.69) is 57.0 Å². The van der Waals surface area contributed by atoms with Crippen LogP contribution in [0, 0.1) is 0 Å². The molecule has 108 valence electrons. The molecule has 1 heterocycles. The number of likely N-dealkylation sites (N-methyl/N-ethyl adjacent to an activating group) is 1. The minimum atomic E-state index is 0.0696. The second kappa shape index (κ2) is 7.93. The van der Waals surface area contributed by atoms with Gasteiger partial charge in [-0.05, 0) is 46.9 Å². The van der Waals surface area contributed by atoms with Crippen LogP contribution in [0.15, 0.2) is 46.3 Å². The normalized spacial score (nSPS) is 14.2. The van der Waals surface area contributed by atoms with Crippen molar-refractivity contribution in [3.63, 3.8) is 0 Å². The molecule has 0 amide bonds. The molecule has 2 aromatic rings. The summed E-state index contributed by atoms with van der Waals surface area (Å²) < 4.78 is 7.18. The van der Waals surface area contributed by atoms with Gasteiger partial charge in [-0.25, -0.2) is 0 Å². The van der Waals surface area contributed by atoms with E-state index >= 15 is 0 Å². The largest absolute Gasteiger partial charge is 0.372 e. The summed E-state index contributed by atoms with van der Waals surface area (Å²) in [6.45, 7) is 2.76. The molecule has 2 atom stereocenters. The molecule has 1 N–H and O–H groups in total. The van der Waals surface area contributed by atoms with Gasteiger partial charge in [0.05, 0.1) is 6.10 Å². The highest BCUT2D eigenvalue weighted by atomic mass is 79.9. The topological polar surface area (TPSA) is 21.3 Å². The van der Waals surface area contributed by atoms with Crippen LogP contribution in [0.5, 0.6) is 0 Å². The molecule has 1 aromatic heterocycles. The zero-order chi connectivity index (χ0) is 14.4. The summed E-state index contributed by atoms with van der Waals surface area (Å²) in [7, 11) is 2.00. The number of hydrogen-bond acceptors (Lipinski definition) is 3. The quantitative estimate of drug-likeness (QED) is 0.795. The van der Waals surface area contributed by atoms with Crippen molar-refractivity contribution in [3.05, 3.63) is 56.7 Å². The van der Waals surface area contributed by atoms with Crippen molar-refractivity contribution in [1.82, 2.24) is 5.32 Å². The van der Waals surface area contributed by atoms with Crippen LogP contribution < -0.4 is 5.32 Å². The predicted octanol–water partition coefficient (Wildman–Crippen LogP) is 4.42. The molecule has 0 saturated carbocycles. The van der Waals surface area contributed by atoms with Crippen molar-refractivity contribution in [2.75, 3.05) is 13.7 Å². The zero-order valence-electron chi connectivity index (χ0n) is 11.8. The summed E-state index contributed by atoms with van der Waals surface area (Å²) in [5.41, 5.74) is 1.22. The number of thiophene rings is 1. The molecular weight excluding hydrogens is 334 g/mol. The average Bonchev–Trinajstić information content (AvgIpc) is 2.89. The molecule has 0 saturated heterocycles. The van der Waals surface area contributed by atoms with E-state index in [0.717, 1.165) is 6.42 Å². The van der Waals surface area contributed by atoms with Crippen LogP contribution in [0.3, 0.4) is 0 Å². The minimum absolute atomic E-state index is 0.0696. The molecule has 0 aliphatic carbocycles. The molecule has 0 radical (unpaired) electrons. The lowest BCUT2D eigenvalue weighted by atomic mass is 9.99. The first-order valence-electron chi connectivity index (χ1n) is 6.82. The first-order valence-corrected chi connectivity index (χ1v) is 8.49. The fourth-order valence-corrected chi connectivity index (χ4v) is 3.87. The summed E-state index contributed by atoms with van der Waals surface area (Å²) in [5.74, 6) is 0. The van der Waals surface area contributed by atoms with Crippen LogP contribution in [0.1, 0.15) is 23.5 Å². The SMILES string of the molecule is CCOC(c1ccccc1)C(Cc1sccc1Br)NC. The van der Waals surface area contributed by atoms with Crippen LogP contribution in [-0.4, -0.2) is 19.7 Å². The Kier molecular flexibility index (Phi) is 6.23. The second-order valence-corrected chi connectivity index (χ2v) is 6.43. The van der Waals surface area contributed by atoms with Crippen molar-refractivity contribution in [2.45, 2.75) is 25.5 Å². The van der Waals surface area contributed by atoms with E-state index in [4.69, 9.17) is 4.74 Å². The summed E-state index contributed by atoms with van der Waals surface area (Å²) in [6, 6.07) is 12.8. The Balaban J connectivity index is 2.19. The molecule has 2 nitrogen and oxygen atoms in total. The van der Waals surface area contributed by atoms with Gasteiger partial charge < -0.3 is 10.1 Å². The Labute approximate surface area is 133 Å². The molecule has 0 spiro atoms. The standard InChI is InChI=1S/C16H20BrNOS/c1-3-19-16(12-7-5-4-6-8-12)14(18-2)11-15-13(17)9-10-20-15/h4-10,14,16,18H,3,11H2,1-2H3. The van der Waals surface area contributed by atoms with Crippen LogP contribution in [0.2, 0.25) is 0 Å². The van der Waals surface area contributed by atoms with Gasteiger partial charge >= 0.3 is 0 Å². The Morgan fingerprint density at radius 2 is 2.00 bits per heavy atom. The van der Waals surface area contributed by atoms with Gasteiger partial charge in [0.25, 0.3) is 0 Å². The van der Waals surface area contributed by atoms with Gasteiger partial charge in [0, 0.05) is 28.4 Å². The molecule has 20 heavy (non-hydrogen) atoms. The van der Waals surface area contributed by atoms with E-state index < -0.39 is 0 Å². The van der Waals surface area contributed by atoms with E-state index in [0.29, 0.717) is 6.61 Å². The van der Waals surface area contributed by atoms with Gasteiger partial charge in [-0.2, -0.15) is 0 Å². The molecular formula is C16H20BrNOS. The second-order valence-electron chi connectivity index (χ2n) is 4.58. The smallest absolute Gasteiger partial charge is 0.0981 e. The molecule has 1 aromatic carbocycles. The molecule has 2 rings (SSSR count). The number of rotatable bonds is 7. The Hall–Kier alpha value is -0.680. The highest BCUT2D eigenvalue weighted by Gasteiger charge is 2.23. The van der Waals surface area contributed by atoms with Gasteiger partial charge in [-0.1, -0.05) is 30.3 Å². The first-order chi connectivity index (χ1) is 9.76. The molecule has 2 unspecified atom stereocenters. The number of halogens is 1. The zero-order valence-corrected chi connectivity index (χ0v) is 14.2. The maximum Gasteiger partial charge on any atom is 0.0981 e. The van der Waals surface area contributed by atoms with Gasteiger partial charge in [-0.15, -0.1) is 11.3 Å². The third kappa shape index (κ3) is 3.92. The Bertz CT molecular complexity index is 514. The van der Waals surface area contributed by atoms with Crippen molar-refractivity contribution in [2.24, 2.45) is 0 Å². The Morgan fingerprint density at radius 3 is 2.55 bits per heavy atom. The third-order valence-corrected chi connectivity index (χ3v) is 5.26. The van der Waals surface area contributed by atoms with E-state index in [1.165, 1.54) is 14.9 Å². The fourth-order valence-electron chi connectivity index (χ4n) is 2.30. The number of nitrogens with one attached hydrogen (secondary N) is 1. The monoisotopic (exact) mass is 353 g/mol. The van der Waals surface area contributed by atoms with Crippen LogP contribution in [0.4, 0.5) is 0 Å². The van der Waals surface area contributed by atoms with Gasteiger partial charge in [0.1, 0.15) is 0 Å². The van der Waals surface area contributed by atoms with Crippen LogP contribution in [0.25, 0.3) is 0 Å². The van der Waals surface area contributed by atoms with Crippen molar-refractivity contribution < 1.29 is 4.74 Å². The lowest BCUT2D eigenvalue weighted by Gasteiger charge is -2.27. The van der Waals surface area contributed by atoms with Crippen LogP contribution in [-0.2, 0) is 11.2 Å². The molecule has 0 aliphatic heterocycles. The Morgan fingerprint density at radius 1 is 1.25 bits per heavy atom. The molecule has 4 heteroatoms. The number of benzene rings is 1. The first kappa shape index (κ1) is 15.7. The van der Waals surface area contributed by atoms with Crippen molar-refractivity contribution in [3.8, 4) is 0 Å². The summed E-state index contributed by atoms with van der Waals surface area (Å²) in [5, 5.41) is 5.53. The minimum Gasteiger partial charge on any atom is -0.372 e. The molecule has 0 bridgehead atoms. The van der Waals surface area contributed by atoms with Gasteiger partial charge in [0.2, 0.25) is 0 Å². The van der Waals surface area contributed by atoms with E-state index in [-0.39, 0.29) is 12.1 Å². The van der Waals surface area contributed by atoms with E-state index in [1.807, 2.05) is 20.0 Å². The predicted molar refractivity (Wildman–Crippen MR) is 89.4 cm³/mol. The van der Waals surface area contributed by atoms with Gasteiger partial charge in [0.15, 0.2) is 0 Å². The summed E-state index contributed by atoms with van der Waals surface area (Å²) in [4.78, 5) is 1.35. The lowest BCUT2D eigenvalue weighted by Crippen LogP contribution is -2.35. The van der Waals surface area contributed by atoms with Crippen molar-refractivity contribution >= 4 is 27.3 Å². The average molecular weight is 354 g/mol.